The van der Waals surface area contributed by atoms with Crippen LogP contribution in [0.2, 0.25) is 10.0 Å². The van der Waals surface area contributed by atoms with E-state index in [0.29, 0.717) is 27.0 Å². The number of hydrogen-bond acceptors (Lipinski definition) is 2. The molecule has 0 aliphatic heterocycles. The van der Waals surface area contributed by atoms with Crippen LogP contribution in [0.5, 0.6) is 0 Å². The maximum absolute atomic E-state index is 12.5. The molecule has 0 fully saturated rings. The number of rotatable bonds is 5. The molecule has 0 heterocycles. The van der Waals surface area contributed by atoms with Crippen LogP contribution in [-0.2, 0) is 16.7 Å². The standard InChI is InChI=1S/C17H14Cl2F3NOS/c1-10(16(24)23-15-13(18)3-2-4-14(15)19)25-9-11-5-7-12(8-6-11)17(20,21)22/h2-8,10H,9H2,1H3,(H,23,24). The summed E-state index contributed by atoms with van der Waals surface area (Å²) in [6, 6.07) is 9.78. The molecular formula is C17H14Cl2F3NOS. The molecular weight excluding hydrogens is 394 g/mol. The van der Waals surface area contributed by atoms with Gasteiger partial charge in [0.15, 0.2) is 0 Å². The van der Waals surface area contributed by atoms with E-state index in [1.54, 1.807) is 25.1 Å². The minimum absolute atomic E-state index is 0.285. The van der Waals surface area contributed by atoms with Crippen LogP contribution in [0.15, 0.2) is 42.5 Å². The zero-order valence-electron chi connectivity index (χ0n) is 13.0. The fraction of sp³-hybridized carbons (Fsp3) is 0.235. The molecule has 0 aliphatic rings. The molecule has 1 unspecified atom stereocenters. The number of carbonyl (C=O) groups is 1. The highest BCUT2D eigenvalue weighted by molar-refractivity contribution is 7.99. The van der Waals surface area contributed by atoms with Crippen LogP contribution < -0.4 is 5.32 Å². The Morgan fingerprint density at radius 3 is 2.20 bits per heavy atom. The second kappa shape index (κ2) is 8.34. The van der Waals surface area contributed by atoms with E-state index in [4.69, 9.17) is 23.2 Å². The number of amides is 1. The topological polar surface area (TPSA) is 29.1 Å². The van der Waals surface area contributed by atoms with E-state index in [2.05, 4.69) is 5.32 Å². The van der Waals surface area contributed by atoms with Gasteiger partial charge in [-0.15, -0.1) is 11.8 Å². The summed E-state index contributed by atoms with van der Waals surface area (Å²) in [7, 11) is 0. The zero-order chi connectivity index (χ0) is 18.6. The van der Waals surface area contributed by atoms with E-state index >= 15 is 0 Å². The first-order chi connectivity index (χ1) is 11.7. The zero-order valence-corrected chi connectivity index (χ0v) is 15.4. The number of para-hydroxylation sites is 1. The molecule has 0 radical (unpaired) electrons. The van der Waals surface area contributed by atoms with E-state index in [0.717, 1.165) is 12.1 Å². The SMILES string of the molecule is CC(SCc1ccc(C(F)(F)F)cc1)C(=O)Nc1c(Cl)cccc1Cl. The van der Waals surface area contributed by atoms with Crippen molar-refractivity contribution in [2.24, 2.45) is 0 Å². The van der Waals surface area contributed by atoms with Crippen molar-refractivity contribution in [3.63, 3.8) is 0 Å². The van der Waals surface area contributed by atoms with Gasteiger partial charge < -0.3 is 5.32 Å². The van der Waals surface area contributed by atoms with Gasteiger partial charge in [-0.3, -0.25) is 4.79 Å². The van der Waals surface area contributed by atoms with Crippen LogP contribution in [0, 0.1) is 0 Å². The summed E-state index contributed by atoms with van der Waals surface area (Å²) < 4.78 is 37.6. The number of thioether (sulfide) groups is 1. The number of halogens is 5. The van der Waals surface area contributed by atoms with Crippen molar-refractivity contribution in [3.05, 3.63) is 63.6 Å². The second-order valence-corrected chi connectivity index (χ2v) is 7.38. The van der Waals surface area contributed by atoms with Crippen LogP contribution in [0.3, 0.4) is 0 Å². The lowest BCUT2D eigenvalue weighted by Gasteiger charge is -2.14. The summed E-state index contributed by atoms with van der Waals surface area (Å²) in [6.07, 6.45) is -4.35. The molecule has 25 heavy (non-hydrogen) atoms. The monoisotopic (exact) mass is 407 g/mol. The molecule has 0 aromatic heterocycles. The number of alkyl halides is 3. The van der Waals surface area contributed by atoms with Gasteiger partial charge in [0.25, 0.3) is 0 Å². The highest BCUT2D eigenvalue weighted by atomic mass is 35.5. The molecule has 1 amide bonds. The number of hydrogen-bond donors (Lipinski definition) is 1. The van der Waals surface area contributed by atoms with E-state index in [9.17, 15) is 18.0 Å². The first-order valence-corrected chi connectivity index (χ1v) is 9.01. The smallest absolute Gasteiger partial charge is 0.323 e. The van der Waals surface area contributed by atoms with Gasteiger partial charge in [-0.05, 0) is 36.8 Å². The number of nitrogens with one attached hydrogen (secondary N) is 1. The van der Waals surface area contributed by atoms with Crippen LogP contribution in [0.4, 0.5) is 18.9 Å². The molecule has 1 atom stereocenters. The maximum Gasteiger partial charge on any atom is 0.416 e. The average molecular weight is 408 g/mol. The molecule has 0 aliphatic carbocycles. The Morgan fingerprint density at radius 2 is 1.68 bits per heavy atom. The largest absolute Gasteiger partial charge is 0.416 e. The lowest BCUT2D eigenvalue weighted by Crippen LogP contribution is -2.23. The van der Waals surface area contributed by atoms with Crippen molar-refractivity contribution in [2.45, 2.75) is 24.1 Å². The second-order valence-electron chi connectivity index (χ2n) is 5.23. The molecule has 8 heteroatoms. The molecule has 0 saturated heterocycles. The number of anilines is 1. The first kappa shape index (κ1) is 19.9. The van der Waals surface area contributed by atoms with Crippen LogP contribution in [0.25, 0.3) is 0 Å². The summed E-state index contributed by atoms with van der Waals surface area (Å²) in [5, 5.41) is 2.90. The molecule has 2 rings (SSSR count). The van der Waals surface area contributed by atoms with Gasteiger partial charge >= 0.3 is 6.18 Å². The van der Waals surface area contributed by atoms with Crippen LogP contribution in [-0.4, -0.2) is 11.2 Å². The van der Waals surface area contributed by atoms with E-state index in [1.807, 2.05) is 0 Å². The van der Waals surface area contributed by atoms with E-state index in [-0.39, 0.29) is 5.91 Å². The van der Waals surface area contributed by atoms with Crippen molar-refractivity contribution in [1.29, 1.82) is 0 Å². The summed E-state index contributed by atoms with van der Waals surface area (Å²) in [5.41, 5.74) is 0.353. The van der Waals surface area contributed by atoms with Crippen molar-refractivity contribution in [3.8, 4) is 0 Å². The van der Waals surface area contributed by atoms with Crippen LogP contribution in [0.1, 0.15) is 18.1 Å². The third kappa shape index (κ3) is 5.56. The Kier molecular flexibility index (Phi) is 6.65. The summed E-state index contributed by atoms with van der Waals surface area (Å²) in [5.74, 6) is 0.120. The fourth-order valence-electron chi connectivity index (χ4n) is 1.93. The van der Waals surface area contributed by atoms with Gasteiger partial charge in [0.2, 0.25) is 5.91 Å². The minimum Gasteiger partial charge on any atom is -0.323 e. The predicted octanol–water partition coefficient (Wildman–Crippen LogP) is 6.27. The van der Waals surface area contributed by atoms with Crippen molar-refractivity contribution in [2.75, 3.05) is 5.32 Å². The van der Waals surface area contributed by atoms with E-state index in [1.165, 1.54) is 23.9 Å². The Balaban J connectivity index is 1.93. The molecule has 1 N–H and O–H groups in total. The van der Waals surface area contributed by atoms with Gasteiger partial charge in [0, 0.05) is 5.75 Å². The molecule has 2 aromatic carbocycles. The molecule has 2 nitrogen and oxygen atoms in total. The lowest BCUT2D eigenvalue weighted by molar-refractivity contribution is -0.137. The summed E-state index contributed by atoms with van der Waals surface area (Å²) >= 11 is 13.3. The number of carbonyl (C=O) groups excluding carboxylic acids is 1. The average Bonchev–Trinajstić information content (AvgIpc) is 2.55. The van der Waals surface area contributed by atoms with Gasteiger partial charge in [0.1, 0.15) is 0 Å². The third-order valence-electron chi connectivity index (χ3n) is 3.36. The fourth-order valence-corrected chi connectivity index (χ4v) is 3.27. The van der Waals surface area contributed by atoms with E-state index < -0.39 is 17.0 Å². The quantitative estimate of drug-likeness (QED) is 0.632. The molecule has 0 spiro atoms. The summed E-state index contributed by atoms with van der Waals surface area (Å²) in [6.45, 7) is 1.70. The summed E-state index contributed by atoms with van der Waals surface area (Å²) in [4.78, 5) is 12.2. The highest BCUT2D eigenvalue weighted by Gasteiger charge is 2.29. The normalized spacial score (nSPS) is 12.7. The number of benzene rings is 2. The Labute approximate surface area is 157 Å². The lowest BCUT2D eigenvalue weighted by atomic mass is 10.1. The van der Waals surface area contributed by atoms with Crippen LogP contribution >= 0.6 is 35.0 Å². The highest BCUT2D eigenvalue weighted by Crippen LogP contribution is 2.32. The Bertz CT molecular complexity index is 730. The minimum atomic E-state index is -4.35. The van der Waals surface area contributed by atoms with Gasteiger partial charge in [-0.2, -0.15) is 13.2 Å². The van der Waals surface area contributed by atoms with Gasteiger partial charge in [-0.1, -0.05) is 41.4 Å². The molecule has 2 aromatic rings. The predicted molar refractivity (Wildman–Crippen MR) is 97.3 cm³/mol. The molecule has 134 valence electrons. The molecule has 0 bridgehead atoms. The maximum atomic E-state index is 12.5. The first-order valence-electron chi connectivity index (χ1n) is 7.21. The van der Waals surface area contributed by atoms with Gasteiger partial charge in [-0.25, -0.2) is 0 Å². The van der Waals surface area contributed by atoms with Crippen molar-refractivity contribution < 1.29 is 18.0 Å². The third-order valence-corrected chi connectivity index (χ3v) is 5.21. The Hall–Kier alpha value is -1.37. The van der Waals surface area contributed by atoms with Gasteiger partial charge in [0.05, 0.1) is 26.5 Å². The Morgan fingerprint density at radius 1 is 1.12 bits per heavy atom. The molecule has 0 saturated carbocycles. The van der Waals surface area contributed by atoms with Crippen molar-refractivity contribution >= 4 is 46.6 Å². The van der Waals surface area contributed by atoms with Crippen molar-refractivity contribution in [1.82, 2.24) is 0 Å².